The van der Waals surface area contributed by atoms with E-state index >= 15 is 0 Å². The Morgan fingerprint density at radius 1 is 1.14 bits per heavy atom. The minimum absolute atomic E-state index is 0.151. The van der Waals surface area contributed by atoms with Crippen LogP contribution in [0.15, 0.2) is 36.4 Å². The van der Waals surface area contributed by atoms with Gasteiger partial charge in [0.15, 0.2) is 0 Å². The number of halogens is 3. The highest BCUT2D eigenvalue weighted by Crippen LogP contribution is 2.46. The van der Waals surface area contributed by atoms with E-state index in [9.17, 15) is 18.3 Å². The number of benzene rings is 2. The largest absolute Gasteiger partial charge is 0.573 e. The predicted octanol–water partition coefficient (Wildman–Crippen LogP) is 7.39. The highest BCUT2D eigenvalue weighted by molar-refractivity contribution is 5.83. The van der Waals surface area contributed by atoms with Crippen molar-refractivity contribution in [2.45, 2.75) is 78.3 Å². The summed E-state index contributed by atoms with van der Waals surface area (Å²) in [5, 5.41) is 13.7. The molecular weight excluding hydrogens is 483 g/mol. The van der Waals surface area contributed by atoms with E-state index in [0.29, 0.717) is 29.7 Å². The van der Waals surface area contributed by atoms with E-state index < -0.39 is 12.0 Å². The Bertz CT molecular complexity index is 1240. The molecule has 1 fully saturated rings. The van der Waals surface area contributed by atoms with Gasteiger partial charge in [-0.05, 0) is 80.3 Å². The third-order valence-corrected chi connectivity index (χ3v) is 6.79. The molecule has 4 rings (SSSR count). The van der Waals surface area contributed by atoms with Gasteiger partial charge in [-0.25, -0.2) is 4.98 Å². The number of nitrogens with one attached hydrogen (secondary N) is 1. The SMILES string of the molecule is COc1cc2c(cc1CC(C)(C)O)nc(Nc1ccc(OC(F)(F)F)cc1)n2C1CC(C)CC(C)(C)C1. The Morgan fingerprint density at radius 3 is 2.38 bits per heavy atom. The smallest absolute Gasteiger partial charge is 0.496 e. The molecule has 9 heteroatoms. The van der Waals surface area contributed by atoms with Crippen molar-refractivity contribution >= 4 is 22.7 Å². The van der Waals surface area contributed by atoms with Gasteiger partial charge in [0.25, 0.3) is 0 Å². The zero-order valence-electron chi connectivity index (χ0n) is 22.2. The molecule has 1 heterocycles. The molecule has 2 N–H and O–H groups in total. The average molecular weight is 520 g/mol. The fourth-order valence-corrected chi connectivity index (χ4v) is 5.78. The lowest BCUT2D eigenvalue weighted by molar-refractivity contribution is -0.274. The average Bonchev–Trinajstić information content (AvgIpc) is 3.07. The van der Waals surface area contributed by atoms with Crippen LogP contribution in [0.4, 0.5) is 24.8 Å². The highest BCUT2D eigenvalue weighted by Gasteiger charge is 2.35. The summed E-state index contributed by atoms with van der Waals surface area (Å²) in [6, 6.07) is 9.73. The lowest BCUT2D eigenvalue weighted by atomic mass is 9.70. The zero-order chi connectivity index (χ0) is 27.2. The summed E-state index contributed by atoms with van der Waals surface area (Å²) in [4.78, 5) is 4.91. The molecule has 2 aromatic carbocycles. The first-order valence-electron chi connectivity index (χ1n) is 12.6. The maximum Gasteiger partial charge on any atom is 0.573 e. The van der Waals surface area contributed by atoms with Crippen LogP contribution in [-0.4, -0.2) is 33.7 Å². The van der Waals surface area contributed by atoms with Crippen LogP contribution < -0.4 is 14.8 Å². The second kappa shape index (κ2) is 9.74. The number of aromatic nitrogens is 2. The summed E-state index contributed by atoms with van der Waals surface area (Å²) in [6.07, 6.45) is -1.26. The summed E-state index contributed by atoms with van der Waals surface area (Å²) in [5.74, 6) is 1.53. The molecule has 202 valence electrons. The maximum atomic E-state index is 12.6. The summed E-state index contributed by atoms with van der Waals surface area (Å²) in [7, 11) is 1.62. The number of hydrogen-bond acceptors (Lipinski definition) is 5. The standard InChI is InChI=1S/C28H36F3N3O3/c1-17-11-20(16-26(2,3)14-17)34-23-13-24(36-6)18(15-27(4,5)35)12-22(23)33-25(34)32-19-7-9-21(10-8-19)37-28(29,30)31/h7-10,12-13,17,20,35H,11,14-16H2,1-6H3,(H,32,33). The second-order valence-electron chi connectivity index (χ2n) is 11.7. The maximum absolute atomic E-state index is 12.6. The Hall–Kier alpha value is -2.94. The molecule has 1 saturated carbocycles. The Labute approximate surface area is 215 Å². The van der Waals surface area contributed by atoms with E-state index in [1.54, 1.807) is 33.1 Å². The molecule has 3 aromatic rings. The number of ether oxygens (including phenoxy) is 2. The highest BCUT2D eigenvalue weighted by atomic mass is 19.4. The number of methoxy groups -OCH3 is 1. The van der Waals surface area contributed by atoms with Crippen LogP contribution in [0.1, 0.15) is 65.5 Å². The molecule has 1 aromatic heterocycles. The molecule has 1 aliphatic rings. The van der Waals surface area contributed by atoms with Gasteiger partial charge >= 0.3 is 6.36 Å². The minimum atomic E-state index is -4.74. The van der Waals surface area contributed by atoms with Crippen LogP contribution >= 0.6 is 0 Å². The third-order valence-electron chi connectivity index (χ3n) is 6.79. The molecule has 0 amide bonds. The van der Waals surface area contributed by atoms with Crippen molar-refractivity contribution in [2.75, 3.05) is 12.4 Å². The molecule has 0 spiro atoms. The lowest BCUT2D eigenvalue weighted by Gasteiger charge is -2.40. The Kier molecular flexibility index (Phi) is 7.14. The first-order valence-corrected chi connectivity index (χ1v) is 12.6. The quantitative estimate of drug-likeness (QED) is 0.341. The summed E-state index contributed by atoms with van der Waals surface area (Å²) >= 11 is 0. The van der Waals surface area contributed by atoms with E-state index in [4.69, 9.17) is 9.72 Å². The molecule has 0 bridgehead atoms. The number of fused-ring (bicyclic) bond motifs is 1. The lowest BCUT2D eigenvalue weighted by Crippen LogP contribution is -2.29. The van der Waals surface area contributed by atoms with Gasteiger partial charge in [0.05, 0.1) is 23.7 Å². The van der Waals surface area contributed by atoms with Crippen molar-refractivity contribution in [3.05, 3.63) is 42.0 Å². The van der Waals surface area contributed by atoms with Crippen LogP contribution in [0.3, 0.4) is 0 Å². The van der Waals surface area contributed by atoms with Gasteiger partial charge in [-0.3, -0.25) is 0 Å². The second-order valence-corrected chi connectivity index (χ2v) is 11.7. The Morgan fingerprint density at radius 2 is 1.81 bits per heavy atom. The van der Waals surface area contributed by atoms with Gasteiger partial charge in [-0.15, -0.1) is 13.2 Å². The molecular formula is C28H36F3N3O3. The number of alkyl halides is 3. The van der Waals surface area contributed by atoms with E-state index in [0.717, 1.165) is 35.9 Å². The van der Waals surface area contributed by atoms with E-state index in [-0.39, 0.29) is 17.2 Å². The van der Waals surface area contributed by atoms with Crippen molar-refractivity contribution in [2.24, 2.45) is 11.3 Å². The van der Waals surface area contributed by atoms with Crippen LogP contribution in [0.5, 0.6) is 11.5 Å². The first kappa shape index (κ1) is 27.1. The van der Waals surface area contributed by atoms with Gasteiger partial charge in [0, 0.05) is 24.2 Å². The van der Waals surface area contributed by atoms with Gasteiger partial charge in [0.1, 0.15) is 11.5 Å². The third kappa shape index (κ3) is 6.69. The number of nitrogens with zero attached hydrogens (tertiary/aromatic N) is 2. The number of imidazole rings is 1. The molecule has 0 radical (unpaired) electrons. The zero-order valence-corrected chi connectivity index (χ0v) is 22.2. The van der Waals surface area contributed by atoms with E-state index in [1.807, 2.05) is 12.1 Å². The molecule has 0 aliphatic heterocycles. The fraction of sp³-hybridized carbons (Fsp3) is 0.536. The summed E-state index contributed by atoms with van der Waals surface area (Å²) in [6.45, 7) is 10.3. The van der Waals surface area contributed by atoms with Crippen LogP contribution in [-0.2, 0) is 6.42 Å². The van der Waals surface area contributed by atoms with Gasteiger partial charge < -0.3 is 24.5 Å². The molecule has 2 atom stereocenters. The topological polar surface area (TPSA) is 68.5 Å². The van der Waals surface area contributed by atoms with E-state index in [2.05, 4.69) is 35.4 Å². The molecule has 2 unspecified atom stereocenters. The molecule has 0 saturated heterocycles. The van der Waals surface area contributed by atoms with Crippen LogP contribution in [0.25, 0.3) is 11.0 Å². The monoisotopic (exact) mass is 519 g/mol. The minimum Gasteiger partial charge on any atom is -0.496 e. The summed E-state index contributed by atoms with van der Waals surface area (Å²) < 4.78 is 49.6. The fourth-order valence-electron chi connectivity index (χ4n) is 5.78. The molecule has 6 nitrogen and oxygen atoms in total. The predicted molar refractivity (Wildman–Crippen MR) is 139 cm³/mol. The van der Waals surface area contributed by atoms with Gasteiger partial charge in [-0.1, -0.05) is 20.8 Å². The van der Waals surface area contributed by atoms with Crippen molar-refractivity contribution in [3.8, 4) is 11.5 Å². The summed E-state index contributed by atoms with van der Waals surface area (Å²) in [5.41, 5.74) is 2.34. The number of aliphatic hydroxyl groups is 1. The Balaban J connectivity index is 1.79. The van der Waals surface area contributed by atoms with Crippen molar-refractivity contribution in [3.63, 3.8) is 0 Å². The van der Waals surface area contributed by atoms with E-state index in [1.165, 1.54) is 12.1 Å². The van der Waals surface area contributed by atoms with Crippen molar-refractivity contribution in [1.82, 2.24) is 9.55 Å². The number of hydrogen-bond donors (Lipinski definition) is 2. The van der Waals surface area contributed by atoms with Crippen LogP contribution in [0, 0.1) is 11.3 Å². The van der Waals surface area contributed by atoms with Gasteiger partial charge in [-0.2, -0.15) is 0 Å². The first-order chi connectivity index (χ1) is 17.1. The van der Waals surface area contributed by atoms with Gasteiger partial charge in [0.2, 0.25) is 5.95 Å². The molecule has 37 heavy (non-hydrogen) atoms. The number of rotatable bonds is 7. The van der Waals surface area contributed by atoms with Crippen LogP contribution in [0.2, 0.25) is 0 Å². The molecule has 1 aliphatic carbocycles. The van der Waals surface area contributed by atoms with Crippen molar-refractivity contribution in [1.29, 1.82) is 0 Å². The normalized spacial score (nSPS) is 20.2. The number of anilines is 2. The van der Waals surface area contributed by atoms with Crippen molar-refractivity contribution < 1.29 is 27.8 Å².